The minimum absolute atomic E-state index is 0.0915. The molecule has 0 saturated heterocycles. The summed E-state index contributed by atoms with van der Waals surface area (Å²) >= 11 is 0. The molecule has 1 atom stereocenters. The Labute approximate surface area is 91.1 Å². The first-order valence-corrected chi connectivity index (χ1v) is 5.31. The zero-order valence-corrected chi connectivity index (χ0v) is 9.15. The third-order valence-electron chi connectivity index (χ3n) is 2.23. The van der Waals surface area contributed by atoms with Crippen LogP contribution in [0.2, 0.25) is 0 Å². The normalized spacial score (nSPS) is 12.7. The Balaban J connectivity index is 2.16. The Kier molecular flexibility index (Phi) is 6.00. The second kappa shape index (κ2) is 7.40. The zero-order valence-electron chi connectivity index (χ0n) is 9.15. The molecule has 0 radical (unpaired) electrons. The molecular weight excluding hydrogens is 190 g/mol. The fourth-order valence-electron chi connectivity index (χ4n) is 1.37. The van der Waals surface area contributed by atoms with Crippen molar-refractivity contribution >= 4 is 0 Å². The number of benzene rings is 1. The Hall–Kier alpha value is -0.900. The van der Waals surface area contributed by atoms with E-state index in [1.165, 1.54) is 5.56 Å². The molecule has 0 unspecified atom stereocenters. The zero-order chi connectivity index (χ0) is 10.9. The van der Waals surface area contributed by atoms with Crippen molar-refractivity contribution in [1.29, 1.82) is 0 Å². The molecule has 0 bridgehead atoms. The number of nitrogens with one attached hydrogen (secondary N) is 1. The Morgan fingerprint density at radius 3 is 2.67 bits per heavy atom. The minimum Gasteiger partial charge on any atom is -0.394 e. The van der Waals surface area contributed by atoms with Crippen LogP contribution in [0.25, 0.3) is 0 Å². The molecule has 0 heterocycles. The van der Waals surface area contributed by atoms with E-state index in [-0.39, 0.29) is 6.61 Å². The summed E-state index contributed by atoms with van der Waals surface area (Å²) in [5.41, 5.74) is 1.28. The molecule has 2 N–H and O–H groups in total. The SMILES string of the molecule is C[C@H](NCCOCCO)c1ccccc1. The topological polar surface area (TPSA) is 41.5 Å². The highest BCUT2D eigenvalue weighted by atomic mass is 16.5. The van der Waals surface area contributed by atoms with Crippen molar-refractivity contribution in [2.75, 3.05) is 26.4 Å². The van der Waals surface area contributed by atoms with E-state index in [1.54, 1.807) is 0 Å². The minimum atomic E-state index is 0.0915. The molecule has 0 amide bonds. The maximum atomic E-state index is 8.51. The van der Waals surface area contributed by atoms with Gasteiger partial charge in [0.15, 0.2) is 0 Å². The van der Waals surface area contributed by atoms with Crippen LogP contribution < -0.4 is 5.32 Å². The number of hydrogen-bond donors (Lipinski definition) is 2. The number of ether oxygens (including phenoxy) is 1. The van der Waals surface area contributed by atoms with E-state index in [9.17, 15) is 0 Å². The summed E-state index contributed by atoms with van der Waals surface area (Å²) in [6.45, 7) is 4.07. The molecule has 3 nitrogen and oxygen atoms in total. The molecule has 0 aliphatic heterocycles. The van der Waals surface area contributed by atoms with Crippen molar-refractivity contribution in [3.05, 3.63) is 35.9 Å². The highest BCUT2D eigenvalue weighted by molar-refractivity contribution is 5.17. The summed E-state index contributed by atoms with van der Waals surface area (Å²) in [5, 5.41) is 11.9. The number of aliphatic hydroxyl groups is 1. The van der Waals surface area contributed by atoms with Crippen LogP contribution in [0, 0.1) is 0 Å². The van der Waals surface area contributed by atoms with Crippen molar-refractivity contribution < 1.29 is 9.84 Å². The highest BCUT2D eigenvalue weighted by Gasteiger charge is 2.02. The molecule has 0 aliphatic rings. The molecule has 1 aromatic rings. The van der Waals surface area contributed by atoms with Gasteiger partial charge < -0.3 is 15.2 Å². The van der Waals surface area contributed by atoms with E-state index in [0.717, 1.165) is 6.54 Å². The Morgan fingerprint density at radius 2 is 2.00 bits per heavy atom. The number of rotatable bonds is 7. The van der Waals surface area contributed by atoms with E-state index >= 15 is 0 Å². The lowest BCUT2D eigenvalue weighted by Gasteiger charge is -2.13. The molecule has 1 rings (SSSR count). The number of hydrogen-bond acceptors (Lipinski definition) is 3. The first-order chi connectivity index (χ1) is 7.34. The average Bonchev–Trinajstić information content (AvgIpc) is 2.30. The predicted octanol–water partition coefficient (Wildman–Crippen LogP) is 1.35. The Morgan fingerprint density at radius 1 is 1.27 bits per heavy atom. The van der Waals surface area contributed by atoms with Gasteiger partial charge in [-0.15, -0.1) is 0 Å². The second-order valence-corrected chi connectivity index (χ2v) is 3.42. The summed E-state index contributed by atoms with van der Waals surface area (Å²) in [6, 6.07) is 10.6. The lowest BCUT2D eigenvalue weighted by molar-refractivity contribution is 0.0928. The predicted molar refractivity (Wildman–Crippen MR) is 60.8 cm³/mol. The standard InChI is InChI=1S/C12H19NO2/c1-11(12-5-3-2-4-6-12)13-7-9-15-10-8-14/h2-6,11,13-14H,7-10H2,1H3/t11-/m0/s1. The smallest absolute Gasteiger partial charge is 0.0698 e. The largest absolute Gasteiger partial charge is 0.394 e. The molecule has 3 heteroatoms. The molecule has 0 fully saturated rings. The molecule has 0 aliphatic carbocycles. The van der Waals surface area contributed by atoms with E-state index in [0.29, 0.717) is 19.3 Å². The van der Waals surface area contributed by atoms with Crippen molar-refractivity contribution in [3.8, 4) is 0 Å². The molecule has 84 valence electrons. The molecule has 0 spiro atoms. The summed E-state index contributed by atoms with van der Waals surface area (Å²) in [4.78, 5) is 0. The maximum absolute atomic E-state index is 8.51. The van der Waals surface area contributed by atoms with Gasteiger partial charge in [0.25, 0.3) is 0 Å². The van der Waals surface area contributed by atoms with E-state index in [4.69, 9.17) is 9.84 Å². The molecule has 15 heavy (non-hydrogen) atoms. The van der Waals surface area contributed by atoms with Gasteiger partial charge in [0.2, 0.25) is 0 Å². The Bertz CT molecular complexity index is 251. The third-order valence-corrected chi connectivity index (χ3v) is 2.23. The van der Waals surface area contributed by atoms with Crippen LogP contribution >= 0.6 is 0 Å². The van der Waals surface area contributed by atoms with Crippen LogP contribution in [0.3, 0.4) is 0 Å². The van der Waals surface area contributed by atoms with Crippen LogP contribution in [0.4, 0.5) is 0 Å². The van der Waals surface area contributed by atoms with E-state index in [1.807, 2.05) is 18.2 Å². The summed E-state index contributed by atoms with van der Waals surface area (Å²) in [5.74, 6) is 0. The lowest BCUT2D eigenvalue weighted by Crippen LogP contribution is -2.23. The van der Waals surface area contributed by atoms with Gasteiger partial charge in [-0.3, -0.25) is 0 Å². The van der Waals surface area contributed by atoms with Crippen LogP contribution in [0.1, 0.15) is 18.5 Å². The van der Waals surface area contributed by atoms with E-state index < -0.39 is 0 Å². The lowest BCUT2D eigenvalue weighted by atomic mass is 10.1. The van der Waals surface area contributed by atoms with Gasteiger partial charge in [0, 0.05) is 12.6 Å². The van der Waals surface area contributed by atoms with Gasteiger partial charge in [-0.05, 0) is 12.5 Å². The average molecular weight is 209 g/mol. The summed E-state index contributed by atoms with van der Waals surface area (Å²) < 4.78 is 5.16. The van der Waals surface area contributed by atoms with Crippen molar-refractivity contribution in [2.45, 2.75) is 13.0 Å². The van der Waals surface area contributed by atoms with Crippen LogP contribution in [0.5, 0.6) is 0 Å². The quantitative estimate of drug-likeness (QED) is 0.666. The summed E-state index contributed by atoms with van der Waals surface area (Å²) in [7, 11) is 0. The summed E-state index contributed by atoms with van der Waals surface area (Å²) in [6.07, 6.45) is 0. The van der Waals surface area contributed by atoms with Crippen molar-refractivity contribution in [3.63, 3.8) is 0 Å². The molecule has 1 aromatic carbocycles. The molecule has 0 saturated carbocycles. The second-order valence-electron chi connectivity index (χ2n) is 3.42. The maximum Gasteiger partial charge on any atom is 0.0698 e. The van der Waals surface area contributed by atoms with Gasteiger partial charge in [0.05, 0.1) is 19.8 Å². The van der Waals surface area contributed by atoms with Crippen LogP contribution in [-0.4, -0.2) is 31.5 Å². The van der Waals surface area contributed by atoms with Gasteiger partial charge in [-0.2, -0.15) is 0 Å². The van der Waals surface area contributed by atoms with Gasteiger partial charge in [-0.1, -0.05) is 30.3 Å². The molecule has 0 aromatic heterocycles. The van der Waals surface area contributed by atoms with Crippen LogP contribution in [-0.2, 0) is 4.74 Å². The van der Waals surface area contributed by atoms with Crippen molar-refractivity contribution in [2.24, 2.45) is 0 Å². The first kappa shape index (κ1) is 12.2. The fourth-order valence-corrected chi connectivity index (χ4v) is 1.37. The first-order valence-electron chi connectivity index (χ1n) is 5.31. The van der Waals surface area contributed by atoms with Gasteiger partial charge in [0.1, 0.15) is 0 Å². The molecular formula is C12H19NO2. The third kappa shape index (κ3) is 4.93. The number of aliphatic hydroxyl groups excluding tert-OH is 1. The fraction of sp³-hybridized carbons (Fsp3) is 0.500. The van der Waals surface area contributed by atoms with Gasteiger partial charge >= 0.3 is 0 Å². The van der Waals surface area contributed by atoms with Crippen molar-refractivity contribution in [1.82, 2.24) is 5.32 Å². The van der Waals surface area contributed by atoms with Crippen LogP contribution in [0.15, 0.2) is 30.3 Å². The van der Waals surface area contributed by atoms with E-state index in [2.05, 4.69) is 24.4 Å². The van der Waals surface area contributed by atoms with Gasteiger partial charge in [-0.25, -0.2) is 0 Å². The highest BCUT2D eigenvalue weighted by Crippen LogP contribution is 2.10. The monoisotopic (exact) mass is 209 g/mol.